The Morgan fingerprint density at radius 2 is 2.05 bits per heavy atom. The number of carbonyl (C=O) groups excluding carboxylic acids is 1. The zero-order valence-corrected chi connectivity index (χ0v) is 12.3. The molecule has 0 aromatic carbocycles. The summed E-state index contributed by atoms with van der Waals surface area (Å²) in [5, 5.41) is 10.7. The average molecular weight is 297 g/mol. The summed E-state index contributed by atoms with van der Waals surface area (Å²) in [7, 11) is 0. The maximum Gasteiger partial charge on any atom is 0.229 e. The number of anilines is 1. The van der Waals surface area contributed by atoms with E-state index in [0.717, 1.165) is 38.0 Å². The predicted octanol–water partition coefficient (Wildman–Crippen LogP) is 1.60. The number of rotatable bonds is 3. The Morgan fingerprint density at radius 3 is 2.82 bits per heavy atom. The van der Waals surface area contributed by atoms with Crippen molar-refractivity contribution in [3.63, 3.8) is 0 Å². The molecule has 114 valence electrons. The molecule has 1 aliphatic heterocycles. The highest BCUT2D eigenvalue weighted by molar-refractivity contribution is 5.94. The minimum Gasteiger partial charge on any atom is -0.317 e. The van der Waals surface area contributed by atoms with Gasteiger partial charge in [-0.15, -0.1) is 0 Å². The molecule has 1 spiro atoms. The highest BCUT2D eigenvalue weighted by Gasteiger charge is 2.57. The van der Waals surface area contributed by atoms with Gasteiger partial charge in [0.25, 0.3) is 0 Å². The SMILES string of the molecule is O=C(Nc1ccn(-c2ccncc2)n1)C1CC12CCNCC2. The summed E-state index contributed by atoms with van der Waals surface area (Å²) in [5.41, 5.74) is 1.18. The summed E-state index contributed by atoms with van der Waals surface area (Å²) in [6.45, 7) is 2.06. The predicted molar refractivity (Wildman–Crippen MR) is 82.6 cm³/mol. The van der Waals surface area contributed by atoms with E-state index in [-0.39, 0.29) is 17.2 Å². The van der Waals surface area contributed by atoms with E-state index < -0.39 is 0 Å². The molecule has 4 rings (SSSR count). The Balaban J connectivity index is 1.42. The molecule has 1 unspecified atom stereocenters. The Hall–Kier alpha value is -2.21. The molecule has 1 aliphatic carbocycles. The first-order valence-electron chi connectivity index (χ1n) is 7.75. The third kappa shape index (κ3) is 2.39. The minimum atomic E-state index is 0.113. The summed E-state index contributed by atoms with van der Waals surface area (Å²) < 4.78 is 1.74. The van der Waals surface area contributed by atoms with Crippen LogP contribution in [0.15, 0.2) is 36.8 Å². The molecule has 1 atom stereocenters. The Morgan fingerprint density at radius 1 is 1.27 bits per heavy atom. The third-order valence-electron chi connectivity index (χ3n) is 4.87. The molecule has 0 radical (unpaired) electrons. The van der Waals surface area contributed by atoms with Gasteiger partial charge >= 0.3 is 0 Å². The van der Waals surface area contributed by atoms with Crippen molar-refractivity contribution in [1.29, 1.82) is 0 Å². The van der Waals surface area contributed by atoms with Crippen LogP contribution in [0.25, 0.3) is 5.69 Å². The van der Waals surface area contributed by atoms with Gasteiger partial charge in [0.05, 0.1) is 5.69 Å². The van der Waals surface area contributed by atoms with Crippen LogP contribution in [-0.2, 0) is 4.79 Å². The van der Waals surface area contributed by atoms with E-state index >= 15 is 0 Å². The molecule has 2 fully saturated rings. The van der Waals surface area contributed by atoms with Crippen molar-refractivity contribution in [2.24, 2.45) is 11.3 Å². The summed E-state index contributed by atoms with van der Waals surface area (Å²) in [4.78, 5) is 16.4. The fourth-order valence-corrected chi connectivity index (χ4v) is 3.44. The van der Waals surface area contributed by atoms with Gasteiger partial charge in [-0.05, 0) is 49.9 Å². The zero-order valence-electron chi connectivity index (χ0n) is 12.3. The lowest BCUT2D eigenvalue weighted by Crippen LogP contribution is -2.31. The lowest BCUT2D eigenvalue weighted by atomic mass is 9.92. The first-order chi connectivity index (χ1) is 10.8. The highest BCUT2D eigenvalue weighted by atomic mass is 16.2. The number of piperidine rings is 1. The van der Waals surface area contributed by atoms with Crippen molar-refractivity contribution in [3.05, 3.63) is 36.8 Å². The molecule has 3 heterocycles. The monoisotopic (exact) mass is 297 g/mol. The van der Waals surface area contributed by atoms with E-state index in [1.807, 2.05) is 24.4 Å². The van der Waals surface area contributed by atoms with Crippen LogP contribution in [0.3, 0.4) is 0 Å². The number of amides is 1. The highest BCUT2D eigenvalue weighted by Crippen LogP contribution is 2.58. The molecule has 2 N–H and O–H groups in total. The van der Waals surface area contributed by atoms with E-state index in [1.54, 1.807) is 17.1 Å². The van der Waals surface area contributed by atoms with Gasteiger partial charge in [-0.2, -0.15) is 5.10 Å². The van der Waals surface area contributed by atoms with Crippen LogP contribution in [0, 0.1) is 11.3 Å². The second-order valence-electron chi connectivity index (χ2n) is 6.21. The van der Waals surface area contributed by atoms with Crippen LogP contribution in [0.5, 0.6) is 0 Å². The van der Waals surface area contributed by atoms with Crippen LogP contribution < -0.4 is 10.6 Å². The molecule has 2 aromatic heterocycles. The van der Waals surface area contributed by atoms with E-state index in [0.29, 0.717) is 5.82 Å². The molecule has 0 bridgehead atoms. The van der Waals surface area contributed by atoms with Gasteiger partial charge in [0.15, 0.2) is 5.82 Å². The number of nitrogens with zero attached hydrogens (tertiary/aromatic N) is 3. The number of hydrogen-bond acceptors (Lipinski definition) is 4. The second-order valence-corrected chi connectivity index (χ2v) is 6.21. The van der Waals surface area contributed by atoms with Gasteiger partial charge in [-0.25, -0.2) is 4.68 Å². The van der Waals surface area contributed by atoms with Crippen molar-refractivity contribution in [2.75, 3.05) is 18.4 Å². The first kappa shape index (κ1) is 13.5. The summed E-state index contributed by atoms with van der Waals surface area (Å²) >= 11 is 0. The lowest BCUT2D eigenvalue weighted by molar-refractivity contribution is -0.118. The Bertz CT molecular complexity index is 675. The van der Waals surface area contributed by atoms with E-state index in [4.69, 9.17) is 0 Å². The molecule has 1 amide bonds. The van der Waals surface area contributed by atoms with Gasteiger partial charge in [0, 0.05) is 30.6 Å². The van der Waals surface area contributed by atoms with E-state index in [9.17, 15) is 4.79 Å². The normalized spacial score (nSPS) is 22.5. The minimum absolute atomic E-state index is 0.113. The third-order valence-corrected chi connectivity index (χ3v) is 4.87. The van der Waals surface area contributed by atoms with Crippen LogP contribution in [0.4, 0.5) is 5.82 Å². The first-order valence-corrected chi connectivity index (χ1v) is 7.75. The molecule has 6 heteroatoms. The maximum absolute atomic E-state index is 12.4. The number of hydrogen-bond donors (Lipinski definition) is 2. The smallest absolute Gasteiger partial charge is 0.229 e. The van der Waals surface area contributed by atoms with Gasteiger partial charge in [-0.3, -0.25) is 9.78 Å². The van der Waals surface area contributed by atoms with Crippen LogP contribution in [-0.4, -0.2) is 33.8 Å². The standard InChI is InChI=1S/C16H19N5O/c22-15(13-11-16(13)4-8-18-9-5-16)19-14-3-10-21(20-14)12-1-6-17-7-2-12/h1-3,6-7,10,13,18H,4-5,8-9,11H2,(H,19,20,22). The summed E-state index contributed by atoms with van der Waals surface area (Å²) in [5.74, 6) is 0.875. The van der Waals surface area contributed by atoms with Crippen molar-refractivity contribution >= 4 is 11.7 Å². The lowest BCUT2D eigenvalue weighted by Gasteiger charge is -2.23. The van der Waals surface area contributed by atoms with Crippen molar-refractivity contribution < 1.29 is 4.79 Å². The Kier molecular flexibility index (Phi) is 3.18. The quantitative estimate of drug-likeness (QED) is 0.902. The van der Waals surface area contributed by atoms with Crippen LogP contribution >= 0.6 is 0 Å². The average Bonchev–Trinajstić information content (AvgIpc) is 3.04. The fourth-order valence-electron chi connectivity index (χ4n) is 3.44. The molecular weight excluding hydrogens is 278 g/mol. The zero-order chi connectivity index (χ0) is 15.0. The molecule has 2 aromatic rings. The van der Waals surface area contributed by atoms with Crippen molar-refractivity contribution in [3.8, 4) is 5.69 Å². The van der Waals surface area contributed by atoms with Crippen molar-refractivity contribution in [1.82, 2.24) is 20.1 Å². The number of carbonyl (C=O) groups is 1. The largest absolute Gasteiger partial charge is 0.317 e. The molecule has 1 saturated carbocycles. The van der Waals surface area contributed by atoms with Gasteiger partial charge in [0.2, 0.25) is 5.91 Å². The summed E-state index contributed by atoms with van der Waals surface area (Å²) in [6.07, 6.45) is 8.53. The summed E-state index contributed by atoms with van der Waals surface area (Å²) in [6, 6.07) is 5.59. The fraction of sp³-hybridized carbons (Fsp3) is 0.438. The molecule has 2 aliphatic rings. The van der Waals surface area contributed by atoms with Gasteiger partial charge in [-0.1, -0.05) is 0 Å². The van der Waals surface area contributed by atoms with E-state index in [2.05, 4.69) is 20.7 Å². The van der Waals surface area contributed by atoms with Crippen LogP contribution in [0.1, 0.15) is 19.3 Å². The molecular formula is C16H19N5O. The van der Waals surface area contributed by atoms with Crippen molar-refractivity contribution in [2.45, 2.75) is 19.3 Å². The second kappa shape index (κ2) is 5.21. The topological polar surface area (TPSA) is 71.8 Å². The number of nitrogens with one attached hydrogen (secondary N) is 2. The molecule has 22 heavy (non-hydrogen) atoms. The molecule has 6 nitrogen and oxygen atoms in total. The maximum atomic E-state index is 12.4. The Labute approximate surface area is 128 Å². The van der Waals surface area contributed by atoms with Gasteiger partial charge < -0.3 is 10.6 Å². The number of aromatic nitrogens is 3. The van der Waals surface area contributed by atoms with Gasteiger partial charge in [0.1, 0.15) is 0 Å². The number of pyridine rings is 1. The molecule has 1 saturated heterocycles. The van der Waals surface area contributed by atoms with Crippen LogP contribution in [0.2, 0.25) is 0 Å². The van der Waals surface area contributed by atoms with E-state index in [1.165, 1.54) is 0 Å².